The lowest BCUT2D eigenvalue weighted by molar-refractivity contribution is 0.000321. The molecule has 0 radical (unpaired) electrons. The van der Waals surface area contributed by atoms with Crippen molar-refractivity contribution in [2.75, 3.05) is 20.2 Å². The van der Waals surface area contributed by atoms with Crippen molar-refractivity contribution < 1.29 is 4.74 Å². The van der Waals surface area contributed by atoms with Gasteiger partial charge in [0.1, 0.15) is 0 Å². The smallest absolute Gasteiger partial charge is 0.0580 e. The fraction of sp³-hybridized carbons (Fsp3) is 1.00. The van der Waals surface area contributed by atoms with E-state index in [0.717, 1.165) is 31.4 Å². The van der Waals surface area contributed by atoms with Crippen molar-refractivity contribution in [2.24, 2.45) is 11.8 Å². The summed E-state index contributed by atoms with van der Waals surface area (Å²) in [5.74, 6) is 1.71. The summed E-state index contributed by atoms with van der Waals surface area (Å²) in [6.45, 7) is 6.68. The fourth-order valence-corrected chi connectivity index (χ4v) is 2.51. The van der Waals surface area contributed by atoms with Crippen LogP contribution in [-0.4, -0.2) is 26.3 Å². The van der Waals surface area contributed by atoms with Gasteiger partial charge in [0.2, 0.25) is 0 Å². The highest BCUT2D eigenvalue weighted by Crippen LogP contribution is 2.30. The molecule has 2 heteroatoms. The quantitative estimate of drug-likeness (QED) is 0.687. The lowest BCUT2D eigenvalue weighted by Crippen LogP contribution is -2.27. The van der Waals surface area contributed by atoms with Gasteiger partial charge in [0, 0.05) is 6.61 Å². The van der Waals surface area contributed by atoms with Gasteiger partial charge in [-0.3, -0.25) is 0 Å². The molecule has 1 saturated carbocycles. The second kappa shape index (κ2) is 6.41. The molecule has 1 N–H and O–H groups in total. The van der Waals surface area contributed by atoms with Gasteiger partial charge in [-0.2, -0.15) is 0 Å². The minimum absolute atomic E-state index is 0.533. The Hall–Kier alpha value is -0.0800. The topological polar surface area (TPSA) is 21.3 Å². The van der Waals surface area contributed by atoms with E-state index in [1.54, 1.807) is 0 Å². The lowest BCUT2D eigenvalue weighted by Gasteiger charge is -2.31. The first-order valence-corrected chi connectivity index (χ1v) is 5.98. The summed E-state index contributed by atoms with van der Waals surface area (Å²) < 4.78 is 5.89. The molecule has 14 heavy (non-hydrogen) atoms. The molecule has 0 spiro atoms. The van der Waals surface area contributed by atoms with Gasteiger partial charge in [0.05, 0.1) is 6.10 Å². The van der Waals surface area contributed by atoms with E-state index in [1.165, 1.54) is 19.3 Å². The van der Waals surface area contributed by atoms with Crippen molar-refractivity contribution in [1.82, 2.24) is 5.32 Å². The molecule has 0 saturated heterocycles. The maximum Gasteiger partial charge on any atom is 0.0580 e. The number of ether oxygens (including phenoxy) is 1. The summed E-state index contributed by atoms with van der Waals surface area (Å²) >= 11 is 0. The molecule has 0 aromatic carbocycles. The summed E-state index contributed by atoms with van der Waals surface area (Å²) in [5, 5.41) is 3.14. The maximum absolute atomic E-state index is 5.89. The molecule has 0 aromatic heterocycles. The fourth-order valence-electron chi connectivity index (χ4n) is 2.51. The van der Waals surface area contributed by atoms with Gasteiger partial charge >= 0.3 is 0 Å². The third-order valence-electron chi connectivity index (χ3n) is 3.06. The Labute approximate surface area is 88.4 Å². The SMILES string of the molecule is CNCCCOC1CC(C)CC(C)C1. The normalized spacial score (nSPS) is 33.2. The third kappa shape index (κ3) is 4.43. The van der Waals surface area contributed by atoms with E-state index in [-0.39, 0.29) is 0 Å². The molecule has 84 valence electrons. The average Bonchev–Trinajstić information content (AvgIpc) is 2.11. The highest BCUT2D eigenvalue weighted by molar-refractivity contribution is 4.75. The van der Waals surface area contributed by atoms with Crippen LogP contribution in [0, 0.1) is 11.8 Å². The zero-order valence-electron chi connectivity index (χ0n) is 9.88. The minimum atomic E-state index is 0.533. The van der Waals surface area contributed by atoms with Crippen LogP contribution in [0.3, 0.4) is 0 Å². The molecule has 1 rings (SSSR count). The highest BCUT2D eigenvalue weighted by atomic mass is 16.5. The Morgan fingerprint density at radius 1 is 1.14 bits per heavy atom. The first-order valence-electron chi connectivity index (χ1n) is 5.98. The molecule has 2 atom stereocenters. The third-order valence-corrected chi connectivity index (χ3v) is 3.06. The van der Waals surface area contributed by atoms with E-state index < -0.39 is 0 Å². The second-order valence-electron chi connectivity index (χ2n) is 4.87. The molecule has 2 nitrogen and oxygen atoms in total. The van der Waals surface area contributed by atoms with Crippen LogP contribution in [0.25, 0.3) is 0 Å². The first kappa shape index (κ1) is 12.0. The molecular weight excluding hydrogens is 174 g/mol. The van der Waals surface area contributed by atoms with Gasteiger partial charge in [-0.25, -0.2) is 0 Å². The van der Waals surface area contributed by atoms with Crippen molar-refractivity contribution in [3.05, 3.63) is 0 Å². The van der Waals surface area contributed by atoms with Crippen molar-refractivity contribution in [1.29, 1.82) is 0 Å². The molecule has 0 bridgehead atoms. The summed E-state index contributed by atoms with van der Waals surface area (Å²) in [6.07, 6.45) is 5.59. The van der Waals surface area contributed by atoms with E-state index >= 15 is 0 Å². The largest absolute Gasteiger partial charge is 0.378 e. The summed E-state index contributed by atoms with van der Waals surface area (Å²) in [6, 6.07) is 0. The lowest BCUT2D eigenvalue weighted by atomic mass is 9.82. The van der Waals surface area contributed by atoms with Gasteiger partial charge < -0.3 is 10.1 Å². The standard InChI is InChI=1S/C12H25NO/c1-10-7-11(2)9-12(8-10)14-6-4-5-13-3/h10-13H,4-9H2,1-3H3. The average molecular weight is 199 g/mol. The Kier molecular flexibility index (Phi) is 5.49. The molecule has 0 aromatic rings. The Morgan fingerprint density at radius 3 is 2.36 bits per heavy atom. The van der Waals surface area contributed by atoms with Crippen molar-refractivity contribution >= 4 is 0 Å². The van der Waals surface area contributed by atoms with Crippen LogP contribution in [0.15, 0.2) is 0 Å². The van der Waals surface area contributed by atoms with Gasteiger partial charge in [-0.1, -0.05) is 13.8 Å². The highest BCUT2D eigenvalue weighted by Gasteiger charge is 2.23. The first-order chi connectivity index (χ1) is 6.72. The van der Waals surface area contributed by atoms with E-state index in [9.17, 15) is 0 Å². The Bertz CT molecular complexity index is 139. The second-order valence-corrected chi connectivity index (χ2v) is 4.87. The van der Waals surface area contributed by atoms with Crippen LogP contribution >= 0.6 is 0 Å². The van der Waals surface area contributed by atoms with Gasteiger partial charge in [0.15, 0.2) is 0 Å². The number of nitrogens with one attached hydrogen (secondary N) is 1. The molecular formula is C12H25NO. The zero-order chi connectivity index (χ0) is 10.4. The summed E-state index contributed by atoms with van der Waals surface area (Å²) in [7, 11) is 1.99. The van der Waals surface area contributed by atoms with Crippen LogP contribution in [0.1, 0.15) is 39.5 Å². The van der Waals surface area contributed by atoms with Crippen LogP contribution in [0.4, 0.5) is 0 Å². The summed E-state index contributed by atoms with van der Waals surface area (Å²) in [5.41, 5.74) is 0. The molecule has 0 amide bonds. The van der Waals surface area contributed by atoms with E-state index in [1.807, 2.05) is 7.05 Å². The Balaban J connectivity index is 2.10. The van der Waals surface area contributed by atoms with Gasteiger partial charge in [-0.15, -0.1) is 0 Å². The number of rotatable bonds is 5. The maximum atomic E-state index is 5.89. The molecule has 1 aliphatic carbocycles. The van der Waals surface area contributed by atoms with Crippen LogP contribution in [0.2, 0.25) is 0 Å². The van der Waals surface area contributed by atoms with E-state index in [2.05, 4.69) is 19.2 Å². The van der Waals surface area contributed by atoms with E-state index in [4.69, 9.17) is 4.74 Å². The summed E-state index contributed by atoms with van der Waals surface area (Å²) in [4.78, 5) is 0. The predicted octanol–water partition coefficient (Wildman–Crippen LogP) is 2.44. The van der Waals surface area contributed by atoms with Crippen LogP contribution in [0.5, 0.6) is 0 Å². The molecule has 1 aliphatic rings. The predicted molar refractivity (Wildman–Crippen MR) is 60.5 cm³/mol. The monoisotopic (exact) mass is 199 g/mol. The van der Waals surface area contributed by atoms with Crippen molar-refractivity contribution in [2.45, 2.75) is 45.6 Å². The Morgan fingerprint density at radius 2 is 1.79 bits per heavy atom. The van der Waals surface area contributed by atoms with Gasteiger partial charge in [-0.05, 0) is 51.1 Å². The van der Waals surface area contributed by atoms with Crippen LogP contribution < -0.4 is 5.32 Å². The number of hydrogen-bond acceptors (Lipinski definition) is 2. The molecule has 0 aliphatic heterocycles. The molecule has 2 unspecified atom stereocenters. The molecule has 1 fully saturated rings. The molecule has 0 heterocycles. The van der Waals surface area contributed by atoms with Gasteiger partial charge in [0.25, 0.3) is 0 Å². The van der Waals surface area contributed by atoms with Crippen molar-refractivity contribution in [3.8, 4) is 0 Å². The van der Waals surface area contributed by atoms with Crippen molar-refractivity contribution in [3.63, 3.8) is 0 Å². The minimum Gasteiger partial charge on any atom is -0.378 e. The zero-order valence-corrected chi connectivity index (χ0v) is 9.88. The number of hydrogen-bond donors (Lipinski definition) is 1. The van der Waals surface area contributed by atoms with Crippen LogP contribution in [-0.2, 0) is 4.74 Å². The van der Waals surface area contributed by atoms with E-state index in [0.29, 0.717) is 6.10 Å².